The number of fused-ring (bicyclic) bond motifs is 1. The van der Waals surface area contributed by atoms with Gasteiger partial charge in [-0.1, -0.05) is 19.9 Å². The lowest BCUT2D eigenvalue weighted by atomic mass is 9.93. The third-order valence-corrected chi connectivity index (χ3v) is 4.07. The molecule has 1 fully saturated rings. The summed E-state index contributed by atoms with van der Waals surface area (Å²) in [7, 11) is 0. The van der Waals surface area contributed by atoms with Crippen molar-refractivity contribution in [2.24, 2.45) is 10.4 Å². The van der Waals surface area contributed by atoms with Gasteiger partial charge in [0.2, 0.25) is 0 Å². The third kappa shape index (κ3) is 4.13. The normalized spacial score (nSPS) is 17.3. The predicted molar refractivity (Wildman–Crippen MR) is 103 cm³/mol. The molecule has 1 saturated heterocycles. The molecule has 3 rings (SSSR count). The fourth-order valence-electron chi connectivity index (χ4n) is 2.86. The van der Waals surface area contributed by atoms with Gasteiger partial charge in [-0.3, -0.25) is 4.40 Å². The summed E-state index contributed by atoms with van der Waals surface area (Å²) in [5.41, 5.74) is 1.22. The third-order valence-electron chi connectivity index (χ3n) is 4.07. The van der Waals surface area contributed by atoms with Crippen LogP contribution in [0.5, 0.6) is 0 Å². The predicted octanol–water partition coefficient (Wildman–Crippen LogP) is 2.54. The lowest BCUT2D eigenvalue weighted by molar-refractivity contribution is 0.370. The van der Waals surface area contributed by atoms with E-state index < -0.39 is 0 Å². The molecule has 0 aliphatic carbocycles. The van der Waals surface area contributed by atoms with Gasteiger partial charge in [-0.25, -0.2) is 4.99 Å². The Balaban J connectivity index is 0.00000192. The van der Waals surface area contributed by atoms with Crippen molar-refractivity contribution in [3.63, 3.8) is 0 Å². The fourth-order valence-corrected chi connectivity index (χ4v) is 2.86. The first-order valence-electron chi connectivity index (χ1n) is 7.91. The lowest BCUT2D eigenvalue weighted by Crippen LogP contribution is -2.40. The van der Waals surface area contributed by atoms with E-state index >= 15 is 0 Å². The number of nitrogens with zero attached hydrogens (tertiary/aromatic N) is 5. The number of aromatic nitrogens is 3. The highest BCUT2D eigenvalue weighted by atomic mass is 127. The topological polar surface area (TPSA) is 57.8 Å². The van der Waals surface area contributed by atoms with Crippen molar-refractivity contribution in [2.75, 3.05) is 19.6 Å². The molecule has 1 aliphatic heterocycles. The van der Waals surface area contributed by atoms with Gasteiger partial charge in [0.25, 0.3) is 0 Å². The fraction of sp³-hybridized carbons (Fsp3) is 0.562. The second kappa shape index (κ2) is 7.46. The Kier molecular flexibility index (Phi) is 5.83. The number of hydrogen-bond acceptors (Lipinski definition) is 3. The van der Waals surface area contributed by atoms with E-state index in [1.54, 1.807) is 0 Å². The highest BCUT2D eigenvalue weighted by Gasteiger charge is 2.30. The van der Waals surface area contributed by atoms with Gasteiger partial charge in [0, 0.05) is 25.8 Å². The molecule has 0 bridgehead atoms. The smallest absolute Gasteiger partial charge is 0.194 e. The Labute approximate surface area is 154 Å². The van der Waals surface area contributed by atoms with Crippen LogP contribution in [0, 0.1) is 5.41 Å². The molecule has 0 aromatic carbocycles. The van der Waals surface area contributed by atoms with E-state index in [0.29, 0.717) is 12.0 Å². The Bertz CT molecular complexity index is 678. The minimum Gasteiger partial charge on any atom is -0.357 e. The Morgan fingerprint density at radius 2 is 2.17 bits per heavy atom. The molecule has 0 radical (unpaired) electrons. The van der Waals surface area contributed by atoms with Gasteiger partial charge in [0.05, 0.1) is 0 Å². The second-order valence-corrected chi connectivity index (χ2v) is 6.55. The summed E-state index contributed by atoms with van der Waals surface area (Å²) >= 11 is 0. The van der Waals surface area contributed by atoms with Crippen LogP contribution in [-0.4, -0.2) is 45.1 Å². The van der Waals surface area contributed by atoms with Crippen LogP contribution in [0.15, 0.2) is 29.4 Å². The number of halogens is 1. The number of guanidine groups is 1. The summed E-state index contributed by atoms with van der Waals surface area (Å²) in [4.78, 5) is 7.10. The van der Waals surface area contributed by atoms with Gasteiger partial charge >= 0.3 is 0 Å². The molecule has 3 heterocycles. The number of pyridine rings is 1. The largest absolute Gasteiger partial charge is 0.357 e. The number of nitrogens with one attached hydrogen (secondary N) is 1. The number of likely N-dealkylation sites (tertiary alicyclic amines) is 1. The minimum absolute atomic E-state index is 0. The van der Waals surface area contributed by atoms with Crippen molar-refractivity contribution in [3.8, 4) is 0 Å². The molecule has 0 spiro atoms. The molecule has 0 amide bonds. The van der Waals surface area contributed by atoms with Crippen molar-refractivity contribution in [1.29, 1.82) is 0 Å². The number of aliphatic imine (C=N–C) groups is 1. The van der Waals surface area contributed by atoms with Crippen molar-refractivity contribution in [3.05, 3.63) is 30.2 Å². The van der Waals surface area contributed by atoms with Gasteiger partial charge in [-0.2, -0.15) is 0 Å². The average Bonchev–Trinajstić information content (AvgIpc) is 3.07. The highest BCUT2D eigenvalue weighted by molar-refractivity contribution is 14.0. The van der Waals surface area contributed by atoms with Crippen LogP contribution in [0.25, 0.3) is 5.65 Å². The monoisotopic (exact) mass is 428 g/mol. The molecule has 126 valence electrons. The van der Waals surface area contributed by atoms with Gasteiger partial charge in [-0.15, -0.1) is 34.2 Å². The van der Waals surface area contributed by atoms with E-state index in [0.717, 1.165) is 37.1 Å². The van der Waals surface area contributed by atoms with E-state index in [1.807, 2.05) is 28.8 Å². The molecule has 2 aromatic heterocycles. The van der Waals surface area contributed by atoms with Crippen LogP contribution in [0.3, 0.4) is 0 Å². The summed E-state index contributed by atoms with van der Waals surface area (Å²) in [6.45, 7) is 10.2. The maximum absolute atomic E-state index is 4.76. The van der Waals surface area contributed by atoms with Gasteiger partial charge < -0.3 is 10.2 Å². The minimum atomic E-state index is 0. The van der Waals surface area contributed by atoms with E-state index in [4.69, 9.17) is 4.99 Å². The zero-order chi connectivity index (χ0) is 15.6. The van der Waals surface area contributed by atoms with E-state index in [2.05, 4.69) is 41.2 Å². The molecule has 1 aliphatic rings. The van der Waals surface area contributed by atoms with Crippen LogP contribution in [-0.2, 0) is 6.54 Å². The number of hydrogen-bond donors (Lipinski definition) is 1. The maximum Gasteiger partial charge on any atom is 0.194 e. The summed E-state index contributed by atoms with van der Waals surface area (Å²) < 4.78 is 1.99. The molecule has 6 nitrogen and oxygen atoms in total. The Morgan fingerprint density at radius 3 is 2.87 bits per heavy atom. The molecule has 2 aromatic rings. The van der Waals surface area contributed by atoms with Crippen LogP contribution in [0.4, 0.5) is 0 Å². The average molecular weight is 428 g/mol. The van der Waals surface area contributed by atoms with Crippen molar-refractivity contribution in [2.45, 2.75) is 33.7 Å². The van der Waals surface area contributed by atoms with E-state index in [1.165, 1.54) is 6.42 Å². The Morgan fingerprint density at radius 1 is 1.35 bits per heavy atom. The SMILES string of the molecule is CCNC(=NCc1nnc2ccccn12)N1CCC(C)(C)C1.I. The summed E-state index contributed by atoms with van der Waals surface area (Å²) in [5.74, 6) is 1.84. The zero-order valence-electron chi connectivity index (χ0n) is 14.0. The second-order valence-electron chi connectivity index (χ2n) is 6.55. The molecule has 0 atom stereocenters. The molecular weight excluding hydrogens is 403 g/mol. The summed E-state index contributed by atoms with van der Waals surface area (Å²) in [6, 6.07) is 5.90. The van der Waals surface area contributed by atoms with Crippen molar-refractivity contribution < 1.29 is 0 Å². The molecule has 7 heteroatoms. The van der Waals surface area contributed by atoms with Crippen molar-refractivity contribution >= 4 is 35.6 Å². The first-order chi connectivity index (χ1) is 10.6. The van der Waals surface area contributed by atoms with E-state index in [9.17, 15) is 0 Å². The summed E-state index contributed by atoms with van der Waals surface area (Å²) in [6.07, 6.45) is 3.18. The standard InChI is InChI=1S/C16H24N6.HI/c1-4-17-15(21-10-8-16(2,3)12-21)18-11-14-20-19-13-7-5-6-9-22(13)14;/h5-7,9H,4,8,10-12H2,1-3H3,(H,17,18);1H. The molecule has 0 unspecified atom stereocenters. The maximum atomic E-state index is 4.76. The quantitative estimate of drug-likeness (QED) is 0.464. The zero-order valence-corrected chi connectivity index (χ0v) is 16.3. The van der Waals surface area contributed by atoms with Crippen LogP contribution in [0.2, 0.25) is 0 Å². The van der Waals surface area contributed by atoms with E-state index in [-0.39, 0.29) is 24.0 Å². The van der Waals surface area contributed by atoms with Gasteiger partial charge in [0.15, 0.2) is 17.4 Å². The first-order valence-corrected chi connectivity index (χ1v) is 7.91. The molecular formula is C16H25IN6. The molecule has 0 saturated carbocycles. The van der Waals surface area contributed by atoms with Crippen molar-refractivity contribution in [1.82, 2.24) is 24.8 Å². The Hall–Kier alpha value is -1.38. The molecule has 23 heavy (non-hydrogen) atoms. The lowest BCUT2D eigenvalue weighted by Gasteiger charge is -2.23. The van der Waals surface area contributed by atoms with Gasteiger partial charge in [0.1, 0.15) is 6.54 Å². The van der Waals surface area contributed by atoms with Crippen LogP contribution < -0.4 is 5.32 Å². The van der Waals surface area contributed by atoms with Crippen LogP contribution in [0.1, 0.15) is 33.0 Å². The summed E-state index contributed by atoms with van der Waals surface area (Å²) in [5, 5.41) is 11.8. The first kappa shape index (κ1) is 18.0. The molecule has 1 N–H and O–H groups in total. The highest BCUT2D eigenvalue weighted by Crippen LogP contribution is 2.28. The van der Waals surface area contributed by atoms with Gasteiger partial charge in [-0.05, 0) is 30.9 Å². The number of rotatable bonds is 3. The van der Waals surface area contributed by atoms with Crippen LogP contribution >= 0.6 is 24.0 Å².